The van der Waals surface area contributed by atoms with Crippen LogP contribution < -0.4 is 11.1 Å². The van der Waals surface area contributed by atoms with E-state index in [9.17, 15) is 24.0 Å². The molecule has 3 N–H and O–H groups in total. The Morgan fingerprint density at radius 1 is 1.06 bits per heavy atom. The van der Waals surface area contributed by atoms with Crippen molar-refractivity contribution in [3.05, 3.63) is 58.5 Å². The van der Waals surface area contributed by atoms with Crippen molar-refractivity contribution >= 4 is 41.6 Å². The summed E-state index contributed by atoms with van der Waals surface area (Å²) in [5.41, 5.74) is 6.12. The predicted octanol–water partition coefficient (Wildman–Crippen LogP) is 1.69. The first-order valence-corrected chi connectivity index (χ1v) is 9.75. The van der Waals surface area contributed by atoms with Crippen LogP contribution in [0.25, 0.3) is 0 Å². The van der Waals surface area contributed by atoms with Crippen molar-refractivity contribution in [2.24, 2.45) is 11.7 Å². The molecule has 0 radical (unpaired) electrons. The minimum Gasteiger partial charge on any atom is -0.463 e. The molecule has 0 unspecified atom stereocenters. The first kappa shape index (κ1) is 25.0. The first-order valence-electron chi connectivity index (χ1n) is 9.75. The van der Waals surface area contributed by atoms with Crippen LogP contribution in [0.15, 0.2) is 34.7 Å². The SMILES string of the molecule is CC(C)[C@H](N)C(=O)NCCOC(=O)CC(=O)c1cc2c(o1)C(=O)c1ccccc1C2=O.Cl. The zero-order valence-corrected chi connectivity index (χ0v) is 18.3. The van der Waals surface area contributed by atoms with Crippen LogP contribution >= 0.6 is 12.4 Å². The second-order valence-corrected chi connectivity index (χ2v) is 7.44. The second-order valence-electron chi connectivity index (χ2n) is 7.44. The minimum absolute atomic E-state index is 0. The second kappa shape index (κ2) is 10.3. The summed E-state index contributed by atoms with van der Waals surface area (Å²) in [6.07, 6.45) is -0.638. The Morgan fingerprint density at radius 3 is 2.31 bits per heavy atom. The van der Waals surface area contributed by atoms with Crippen molar-refractivity contribution in [3.8, 4) is 0 Å². The fraction of sp³-hybridized carbons (Fsp3) is 0.318. The number of amides is 1. The maximum Gasteiger partial charge on any atom is 0.313 e. The number of furan rings is 1. The van der Waals surface area contributed by atoms with Crippen molar-refractivity contribution in [2.45, 2.75) is 26.3 Å². The van der Waals surface area contributed by atoms with E-state index in [1.165, 1.54) is 18.2 Å². The van der Waals surface area contributed by atoms with Gasteiger partial charge in [-0.05, 0) is 12.0 Å². The molecule has 0 fully saturated rings. The van der Waals surface area contributed by atoms with Crippen LogP contribution in [0.1, 0.15) is 62.9 Å². The van der Waals surface area contributed by atoms with E-state index in [0.29, 0.717) is 0 Å². The molecule has 10 heteroatoms. The summed E-state index contributed by atoms with van der Waals surface area (Å²) in [5, 5.41) is 2.54. The third-order valence-electron chi connectivity index (χ3n) is 4.86. The van der Waals surface area contributed by atoms with Crippen molar-refractivity contribution in [2.75, 3.05) is 13.2 Å². The number of benzene rings is 1. The number of halogens is 1. The highest BCUT2D eigenvalue weighted by Crippen LogP contribution is 2.30. The number of nitrogens with two attached hydrogens (primary N) is 1. The van der Waals surface area contributed by atoms with Crippen LogP contribution in [-0.2, 0) is 14.3 Å². The molecule has 1 aliphatic carbocycles. The zero-order valence-electron chi connectivity index (χ0n) is 17.5. The number of nitrogens with one attached hydrogen (secondary N) is 1. The summed E-state index contributed by atoms with van der Waals surface area (Å²) in [4.78, 5) is 61.1. The van der Waals surface area contributed by atoms with Crippen LogP contribution in [0.2, 0.25) is 0 Å². The molecule has 0 saturated heterocycles. The third-order valence-corrected chi connectivity index (χ3v) is 4.86. The summed E-state index contributed by atoms with van der Waals surface area (Å²) >= 11 is 0. The van der Waals surface area contributed by atoms with Crippen LogP contribution in [0.4, 0.5) is 0 Å². The molecule has 0 aliphatic heterocycles. The molecule has 1 aliphatic rings. The molecule has 9 nitrogen and oxygen atoms in total. The maximum absolute atomic E-state index is 12.6. The molecule has 32 heavy (non-hydrogen) atoms. The third kappa shape index (κ3) is 5.12. The van der Waals surface area contributed by atoms with Gasteiger partial charge in [0.2, 0.25) is 17.5 Å². The zero-order chi connectivity index (χ0) is 22.7. The van der Waals surface area contributed by atoms with Gasteiger partial charge in [0.25, 0.3) is 0 Å². The first-order chi connectivity index (χ1) is 14.7. The molecule has 1 aromatic heterocycles. The van der Waals surface area contributed by atoms with Gasteiger partial charge in [0.15, 0.2) is 17.3 Å². The molecule has 1 atom stereocenters. The van der Waals surface area contributed by atoms with E-state index in [1.807, 2.05) is 13.8 Å². The number of carbonyl (C=O) groups is 5. The lowest BCUT2D eigenvalue weighted by Crippen LogP contribution is -2.44. The van der Waals surface area contributed by atoms with Crippen LogP contribution in [0.5, 0.6) is 0 Å². The number of hydrogen-bond acceptors (Lipinski definition) is 8. The summed E-state index contributed by atoms with van der Waals surface area (Å²) in [7, 11) is 0. The highest BCUT2D eigenvalue weighted by molar-refractivity contribution is 6.28. The van der Waals surface area contributed by atoms with E-state index < -0.39 is 35.8 Å². The quantitative estimate of drug-likeness (QED) is 0.222. The number of hydrogen-bond donors (Lipinski definition) is 2. The number of Topliss-reactive ketones (excluding diaryl/α,β-unsaturated/α-hetero) is 1. The van der Waals surface area contributed by atoms with Crippen LogP contribution in [0, 0.1) is 5.92 Å². The number of ketones is 3. The summed E-state index contributed by atoms with van der Waals surface area (Å²) in [5.74, 6) is -3.37. The van der Waals surface area contributed by atoms with Gasteiger partial charge in [-0.15, -0.1) is 12.4 Å². The van der Waals surface area contributed by atoms with Gasteiger partial charge in [-0.25, -0.2) is 0 Å². The van der Waals surface area contributed by atoms with Gasteiger partial charge >= 0.3 is 5.97 Å². The largest absolute Gasteiger partial charge is 0.463 e. The Hall–Kier alpha value is -3.30. The van der Waals surface area contributed by atoms with Gasteiger partial charge in [-0.3, -0.25) is 24.0 Å². The summed E-state index contributed by atoms with van der Waals surface area (Å²) in [6, 6.07) is 6.80. The maximum atomic E-state index is 12.6. The number of ether oxygens (including phenoxy) is 1. The van der Waals surface area contributed by atoms with Crippen molar-refractivity contribution in [1.82, 2.24) is 5.32 Å². The van der Waals surface area contributed by atoms with E-state index in [1.54, 1.807) is 12.1 Å². The van der Waals surface area contributed by atoms with Gasteiger partial charge in [0.05, 0.1) is 18.2 Å². The van der Waals surface area contributed by atoms with Gasteiger partial charge in [-0.1, -0.05) is 38.1 Å². The highest BCUT2D eigenvalue weighted by Gasteiger charge is 2.34. The summed E-state index contributed by atoms with van der Waals surface area (Å²) in [6.45, 7) is 3.53. The number of carbonyl (C=O) groups excluding carboxylic acids is 5. The topological polar surface area (TPSA) is 146 Å². The van der Waals surface area contributed by atoms with Crippen LogP contribution in [0.3, 0.4) is 0 Å². The predicted molar refractivity (Wildman–Crippen MR) is 115 cm³/mol. The Kier molecular flexibility index (Phi) is 8.07. The average molecular weight is 463 g/mol. The molecule has 2 aromatic rings. The lowest BCUT2D eigenvalue weighted by Gasteiger charge is -2.15. The monoisotopic (exact) mass is 462 g/mol. The van der Waals surface area contributed by atoms with Crippen molar-refractivity contribution in [3.63, 3.8) is 0 Å². The Morgan fingerprint density at radius 2 is 1.69 bits per heavy atom. The highest BCUT2D eigenvalue weighted by atomic mass is 35.5. The summed E-state index contributed by atoms with van der Waals surface area (Å²) < 4.78 is 10.2. The smallest absolute Gasteiger partial charge is 0.313 e. The lowest BCUT2D eigenvalue weighted by atomic mass is 9.88. The van der Waals surface area contributed by atoms with Gasteiger partial charge in [0.1, 0.15) is 13.0 Å². The average Bonchev–Trinajstić information content (AvgIpc) is 3.20. The molecule has 0 saturated carbocycles. The van der Waals surface area contributed by atoms with E-state index >= 15 is 0 Å². The van der Waals surface area contributed by atoms with E-state index in [0.717, 1.165) is 0 Å². The molecule has 1 aromatic carbocycles. The molecular weight excluding hydrogens is 440 g/mol. The molecule has 170 valence electrons. The fourth-order valence-electron chi connectivity index (χ4n) is 3.04. The Labute approximate surface area is 190 Å². The number of rotatable bonds is 8. The lowest BCUT2D eigenvalue weighted by molar-refractivity contribution is -0.142. The molecular formula is C22H23ClN2O7. The fourth-order valence-corrected chi connectivity index (χ4v) is 3.04. The van der Waals surface area contributed by atoms with E-state index in [-0.39, 0.29) is 65.6 Å². The van der Waals surface area contributed by atoms with Crippen molar-refractivity contribution in [1.29, 1.82) is 0 Å². The Balaban J connectivity index is 0.00000363. The van der Waals surface area contributed by atoms with Crippen LogP contribution in [-0.4, -0.2) is 48.4 Å². The van der Waals surface area contributed by atoms with Gasteiger partial charge < -0.3 is 20.2 Å². The van der Waals surface area contributed by atoms with E-state index in [2.05, 4.69) is 5.32 Å². The van der Waals surface area contributed by atoms with Gasteiger partial charge in [0, 0.05) is 11.1 Å². The molecule has 1 amide bonds. The number of fused-ring (bicyclic) bond motifs is 2. The molecule has 3 rings (SSSR count). The van der Waals surface area contributed by atoms with Gasteiger partial charge in [-0.2, -0.15) is 0 Å². The molecule has 1 heterocycles. The number of esters is 1. The molecule has 0 bridgehead atoms. The molecule has 0 spiro atoms. The minimum atomic E-state index is -0.831. The van der Waals surface area contributed by atoms with Crippen molar-refractivity contribution < 1.29 is 33.1 Å². The Bertz CT molecular complexity index is 1020. The normalized spacial score (nSPS) is 13.0. The standard InChI is InChI=1S/C22H22N2O7.ClH/c1-11(2)18(23)22(29)24-7-8-30-17(26)10-15(25)16-9-14-19(27)12-5-3-4-6-13(12)20(28)21(14)31-16;/h3-6,9,11,18H,7-8,10,23H2,1-2H3,(H,24,29);1H/t18-;/m0./s1. The van der Waals surface area contributed by atoms with E-state index in [4.69, 9.17) is 14.9 Å².